The minimum absolute atomic E-state index is 0.0381. The van der Waals surface area contributed by atoms with Gasteiger partial charge >= 0.3 is 0 Å². The molecule has 4 aromatic carbocycles. The highest BCUT2D eigenvalue weighted by molar-refractivity contribution is 6.46. The SMILES string of the molecule is CCN(CC)CCCN1C(=O)C(=O)C(=C(O)c2ccc(OCc3ccc(C)cc3)cc2)C1c1ccc(OCc2ccccc2)c(OC)c1. The Kier molecular flexibility index (Phi) is 11.5. The van der Waals surface area contributed by atoms with Gasteiger partial charge in [0, 0.05) is 12.1 Å². The van der Waals surface area contributed by atoms with Crippen LogP contribution in [0.5, 0.6) is 17.2 Å². The highest BCUT2D eigenvalue weighted by Gasteiger charge is 2.46. The largest absolute Gasteiger partial charge is 0.507 e. The predicted octanol–water partition coefficient (Wildman–Crippen LogP) is 7.32. The summed E-state index contributed by atoms with van der Waals surface area (Å²) in [4.78, 5) is 31.1. The zero-order valence-corrected chi connectivity index (χ0v) is 28.1. The molecule has 1 fully saturated rings. The Bertz CT molecular complexity index is 1710. The molecule has 1 aliphatic rings. The third kappa shape index (κ3) is 8.06. The summed E-state index contributed by atoms with van der Waals surface area (Å²) in [5, 5.41) is 11.6. The molecular weight excluding hydrogens is 604 g/mol. The fourth-order valence-corrected chi connectivity index (χ4v) is 5.89. The molecule has 1 heterocycles. The standard InChI is InChI=1S/C40H44N2O6/c1-5-41(6-2)23-10-24-42-37(32-19-22-34(35(25-32)46-4)48-27-29-11-8-7-9-12-29)36(39(44)40(42)45)38(43)31-17-20-33(21-18-31)47-26-30-15-13-28(3)14-16-30/h7-9,11-22,25,37,43H,5-6,10,23-24,26-27H2,1-4H3. The van der Waals surface area contributed by atoms with Crippen molar-refractivity contribution in [3.05, 3.63) is 130 Å². The molecule has 1 N–H and O–H groups in total. The summed E-state index contributed by atoms with van der Waals surface area (Å²) in [5.74, 6) is 0.0254. The molecule has 0 radical (unpaired) electrons. The van der Waals surface area contributed by atoms with Crippen LogP contribution in [-0.4, -0.2) is 59.9 Å². The van der Waals surface area contributed by atoms with Gasteiger partial charge in [-0.25, -0.2) is 0 Å². The van der Waals surface area contributed by atoms with E-state index in [0.717, 1.165) is 30.8 Å². The quantitative estimate of drug-likeness (QED) is 0.0821. The van der Waals surface area contributed by atoms with Crippen molar-refractivity contribution < 1.29 is 28.9 Å². The number of methoxy groups -OCH3 is 1. The van der Waals surface area contributed by atoms with E-state index in [4.69, 9.17) is 14.2 Å². The molecule has 1 aliphatic heterocycles. The minimum atomic E-state index is -0.809. The first-order valence-corrected chi connectivity index (χ1v) is 16.5. The molecular formula is C40H44N2O6. The number of aryl methyl sites for hydroxylation is 1. The summed E-state index contributed by atoms with van der Waals surface area (Å²) >= 11 is 0. The third-order valence-corrected chi connectivity index (χ3v) is 8.70. The lowest BCUT2D eigenvalue weighted by molar-refractivity contribution is -0.140. The molecule has 5 rings (SSSR count). The maximum absolute atomic E-state index is 13.7. The molecule has 1 saturated heterocycles. The Morgan fingerprint density at radius 3 is 2.15 bits per heavy atom. The van der Waals surface area contributed by atoms with Crippen LogP contribution in [0.15, 0.2) is 103 Å². The number of ether oxygens (including phenoxy) is 3. The van der Waals surface area contributed by atoms with Crippen molar-refractivity contribution in [2.75, 3.05) is 33.3 Å². The number of rotatable bonds is 15. The smallest absolute Gasteiger partial charge is 0.295 e. The van der Waals surface area contributed by atoms with E-state index in [0.29, 0.717) is 54.6 Å². The number of benzene rings is 4. The molecule has 1 unspecified atom stereocenters. The minimum Gasteiger partial charge on any atom is -0.507 e. The van der Waals surface area contributed by atoms with E-state index >= 15 is 0 Å². The number of carbonyl (C=O) groups is 2. The number of hydrogen-bond donors (Lipinski definition) is 1. The second kappa shape index (κ2) is 16.2. The summed E-state index contributed by atoms with van der Waals surface area (Å²) in [6.45, 7) is 9.91. The van der Waals surface area contributed by atoms with Crippen molar-refractivity contribution in [2.24, 2.45) is 0 Å². The normalized spacial score (nSPS) is 15.6. The Morgan fingerprint density at radius 1 is 0.812 bits per heavy atom. The number of aliphatic hydroxyl groups is 1. The lowest BCUT2D eigenvalue weighted by atomic mass is 9.95. The van der Waals surface area contributed by atoms with Gasteiger partial charge in [0.1, 0.15) is 24.7 Å². The van der Waals surface area contributed by atoms with Crippen molar-refractivity contribution in [1.82, 2.24) is 9.80 Å². The van der Waals surface area contributed by atoms with Crippen LogP contribution in [0.1, 0.15) is 54.1 Å². The molecule has 0 aliphatic carbocycles. The first kappa shape index (κ1) is 34.3. The van der Waals surface area contributed by atoms with E-state index in [1.807, 2.05) is 67.6 Å². The molecule has 1 amide bonds. The first-order valence-electron chi connectivity index (χ1n) is 16.5. The highest BCUT2D eigenvalue weighted by atomic mass is 16.5. The summed E-state index contributed by atoms with van der Waals surface area (Å²) in [7, 11) is 1.55. The van der Waals surface area contributed by atoms with Gasteiger partial charge in [0.25, 0.3) is 11.7 Å². The van der Waals surface area contributed by atoms with Crippen LogP contribution in [0.25, 0.3) is 5.76 Å². The molecule has 8 nitrogen and oxygen atoms in total. The zero-order valence-electron chi connectivity index (χ0n) is 28.1. The summed E-state index contributed by atoms with van der Waals surface area (Å²) in [6.07, 6.45) is 0.674. The highest BCUT2D eigenvalue weighted by Crippen LogP contribution is 2.42. The van der Waals surface area contributed by atoms with Gasteiger partial charge in [-0.05, 0) is 86.1 Å². The second-order valence-electron chi connectivity index (χ2n) is 11.9. The van der Waals surface area contributed by atoms with E-state index in [1.54, 1.807) is 48.4 Å². The van der Waals surface area contributed by atoms with E-state index in [2.05, 4.69) is 18.7 Å². The lowest BCUT2D eigenvalue weighted by Crippen LogP contribution is -2.33. The Labute approximate surface area is 283 Å². The molecule has 0 saturated carbocycles. The van der Waals surface area contributed by atoms with Crippen LogP contribution < -0.4 is 14.2 Å². The number of hydrogen-bond acceptors (Lipinski definition) is 7. The van der Waals surface area contributed by atoms with Crippen LogP contribution in [0.2, 0.25) is 0 Å². The van der Waals surface area contributed by atoms with Gasteiger partial charge in [0.15, 0.2) is 11.5 Å². The first-order chi connectivity index (χ1) is 23.3. The summed E-state index contributed by atoms with van der Waals surface area (Å²) < 4.78 is 17.7. The maximum atomic E-state index is 13.7. The average molecular weight is 649 g/mol. The van der Waals surface area contributed by atoms with Crippen LogP contribution in [0, 0.1) is 6.92 Å². The lowest BCUT2D eigenvalue weighted by Gasteiger charge is -2.27. The Hall–Kier alpha value is -5.08. The van der Waals surface area contributed by atoms with Gasteiger partial charge in [0.2, 0.25) is 0 Å². The van der Waals surface area contributed by atoms with Gasteiger partial charge in [0.05, 0.1) is 18.7 Å². The molecule has 8 heteroatoms. The number of carbonyl (C=O) groups excluding carboxylic acids is 2. The number of aliphatic hydroxyl groups excluding tert-OH is 1. The monoisotopic (exact) mass is 648 g/mol. The van der Waals surface area contributed by atoms with Crippen LogP contribution >= 0.6 is 0 Å². The third-order valence-electron chi connectivity index (χ3n) is 8.70. The molecule has 4 aromatic rings. The van der Waals surface area contributed by atoms with E-state index in [1.165, 1.54) is 5.56 Å². The summed E-state index contributed by atoms with van der Waals surface area (Å²) in [6, 6.07) is 29.4. The van der Waals surface area contributed by atoms with Crippen LogP contribution in [-0.2, 0) is 22.8 Å². The Morgan fingerprint density at radius 2 is 1.48 bits per heavy atom. The predicted molar refractivity (Wildman–Crippen MR) is 187 cm³/mol. The van der Waals surface area contributed by atoms with Crippen molar-refractivity contribution in [3.63, 3.8) is 0 Å². The fraction of sp³-hybridized carbons (Fsp3) is 0.300. The molecule has 0 aromatic heterocycles. The summed E-state index contributed by atoms with van der Waals surface area (Å²) in [5.41, 5.74) is 4.32. The van der Waals surface area contributed by atoms with Crippen molar-refractivity contribution in [1.29, 1.82) is 0 Å². The number of amides is 1. The molecule has 0 spiro atoms. The number of ketones is 1. The van der Waals surface area contributed by atoms with Gasteiger partial charge in [-0.1, -0.05) is 80.1 Å². The number of likely N-dealkylation sites (tertiary alicyclic amines) is 1. The topological polar surface area (TPSA) is 88.5 Å². The van der Waals surface area contributed by atoms with Gasteiger partial charge in [-0.15, -0.1) is 0 Å². The van der Waals surface area contributed by atoms with Crippen LogP contribution in [0.3, 0.4) is 0 Å². The van der Waals surface area contributed by atoms with Gasteiger partial charge in [-0.3, -0.25) is 9.59 Å². The van der Waals surface area contributed by atoms with E-state index < -0.39 is 17.7 Å². The van der Waals surface area contributed by atoms with Gasteiger partial charge < -0.3 is 29.1 Å². The average Bonchev–Trinajstić information content (AvgIpc) is 3.37. The van der Waals surface area contributed by atoms with E-state index in [-0.39, 0.29) is 11.3 Å². The second-order valence-corrected chi connectivity index (χ2v) is 11.9. The maximum Gasteiger partial charge on any atom is 0.295 e. The van der Waals surface area contributed by atoms with Crippen molar-refractivity contribution in [3.8, 4) is 17.2 Å². The zero-order chi connectivity index (χ0) is 34.0. The van der Waals surface area contributed by atoms with Crippen LogP contribution in [0.4, 0.5) is 0 Å². The van der Waals surface area contributed by atoms with Crippen molar-refractivity contribution in [2.45, 2.75) is 46.4 Å². The molecule has 250 valence electrons. The number of nitrogens with zero attached hydrogens (tertiary/aromatic N) is 2. The molecule has 48 heavy (non-hydrogen) atoms. The molecule has 0 bridgehead atoms. The van der Waals surface area contributed by atoms with Crippen molar-refractivity contribution >= 4 is 17.4 Å². The Balaban J connectivity index is 1.44. The molecule has 1 atom stereocenters. The van der Waals surface area contributed by atoms with Gasteiger partial charge in [-0.2, -0.15) is 0 Å². The van der Waals surface area contributed by atoms with E-state index in [9.17, 15) is 14.7 Å². The fourth-order valence-electron chi connectivity index (χ4n) is 5.89. The number of Topliss-reactive ketones (excluding diaryl/α,β-unsaturated/α-hetero) is 1.